The van der Waals surface area contributed by atoms with Gasteiger partial charge in [0.05, 0.1) is 11.8 Å². The van der Waals surface area contributed by atoms with E-state index < -0.39 is 0 Å². The predicted octanol–water partition coefficient (Wildman–Crippen LogP) is 4.24. The molecule has 1 aliphatic rings. The van der Waals surface area contributed by atoms with Crippen LogP contribution >= 0.6 is 11.3 Å². The molecule has 19 heavy (non-hydrogen) atoms. The minimum absolute atomic E-state index is 0.267. The highest BCUT2D eigenvalue weighted by Gasteiger charge is 2.48. The lowest BCUT2D eigenvalue weighted by Crippen LogP contribution is -2.01. The van der Waals surface area contributed by atoms with Gasteiger partial charge in [-0.25, -0.2) is 4.98 Å². The average molecular weight is 268 g/mol. The van der Waals surface area contributed by atoms with Gasteiger partial charge in [-0.05, 0) is 31.7 Å². The second-order valence-corrected chi connectivity index (χ2v) is 6.37. The largest absolute Gasteiger partial charge is 0.239 e. The summed E-state index contributed by atoms with van der Waals surface area (Å²) in [5, 5.41) is 10.3. The summed E-state index contributed by atoms with van der Waals surface area (Å²) in [5.41, 5.74) is 3.28. The van der Waals surface area contributed by atoms with Crippen LogP contribution in [0.5, 0.6) is 0 Å². The molecule has 1 aliphatic carbocycles. The zero-order valence-corrected chi connectivity index (χ0v) is 12.0. The smallest absolute Gasteiger partial charge is 0.114 e. The van der Waals surface area contributed by atoms with E-state index in [2.05, 4.69) is 44.2 Å². The third kappa shape index (κ3) is 2.06. The Kier molecular flexibility index (Phi) is 2.91. The van der Waals surface area contributed by atoms with Crippen molar-refractivity contribution >= 4 is 11.3 Å². The van der Waals surface area contributed by atoms with Crippen molar-refractivity contribution in [1.29, 1.82) is 5.26 Å². The zero-order chi connectivity index (χ0) is 13.5. The van der Waals surface area contributed by atoms with E-state index >= 15 is 0 Å². The molecule has 2 nitrogen and oxygen atoms in total. The molecule has 0 saturated heterocycles. The Labute approximate surface area is 117 Å². The van der Waals surface area contributed by atoms with Crippen LogP contribution in [-0.2, 0) is 11.8 Å². The van der Waals surface area contributed by atoms with Crippen LogP contribution in [0.1, 0.15) is 35.2 Å². The van der Waals surface area contributed by atoms with Gasteiger partial charge >= 0.3 is 0 Å². The van der Waals surface area contributed by atoms with Crippen molar-refractivity contribution in [3.8, 4) is 17.3 Å². The Morgan fingerprint density at radius 1 is 1.32 bits per heavy atom. The lowest BCUT2D eigenvalue weighted by Gasteiger charge is -2.01. The predicted molar refractivity (Wildman–Crippen MR) is 78.2 cm³/mol. The van der Waals surface area contributed by atoms with Crippen LogP contribution in [-0.4, -0.2) is 4.98 Å². The van der Waals surface area contributed by atoms with E-state index in [1.54, 1.807) is 11.3 Å². The van der Waals surface area contributed by atoms with Crippen molar-refractivity contribution < 1.29 is 0 Å². The minimum Gasteiger partial charge on any atom is -0.239 e. The number of nitrogens with zero attached hydrogens (tertiary/aromatic N) is 2. The molecule has 0 unspecified atom stereocenters. The second kappa shape index (κ2) is 4.47. The molecule has 0 aliphatic heterocycles. The van der Waals surface area contributed by atoms with Gasteiger partial charge in [-0.15, -0.1) is 11.3 Å². The molecule has 0 N–H and O–H groups in total. The molecule has 1 heterocycles. The third-order valence-electron chi connectivity index (χ3n) is 3.81. The summed E-state index contributed by atoms with van der Waals surface area (Å²) in [6.07, 6.45) is 2.98. The molecule has 0 spiro atoms. The first-order valence-electron chi connectivity index (χ1n) is 6.67. The molecule has 1 aromatic carbocycles. The van der Waals surface area contributed by atoms with Crippen molar-refractivity contribution in [3.05, 3.63) is 39.7 Å². The maximum Gasteiger partial charge on any atom is 0.114 e. The number of nitriles is 1. The lowest BCUT2D eigenvalue weighted by molar-refractivity contribution is 0.891. The molecular weight excluding hydrogens is 252 g/mol. The van der Waals surface area contributed by atoms with Gasteiger partial charge in [-0.3, -0.25) is 0 Å². The van der Waals surface area contributed by atoms with Crippen LogP contribution < -0.4 is 0 Å². The second-order valence-electron chi connectivity index (χ2n) is 5.17. The van der Waals surface area contributed by atoms with E-state index in [0.29, 0.717) is 0 Å². The molecule has 0 bridgehead atoms. The van der Waals surface area contributed by atoms with Crippen molar-refractivity contribution in [1.82, 2.24) is 4.98 Å². The standard InChI is InChI=1S/C16H16N2S/c1-3-12-4-6-13(7-5-12)14-11(2)19-15(18-14)16(10-17)8-9-16/h4-7H,3,8-9H2,1-2H3. The van der Waals surface area contributed by atoms with Gasteiger partial charge in [0.15, 0.2) is 0 Å². The van der Waals surface area contributed by atoms with Gasteiger partial charge in [0, 0.05) is 10.4 Å². The summed E-state index contributed by atoms with van der Waals surface area (Å²) in [6.45, 7) is 4.25. The summed E-state index contributed by atoms with van der Waals surface area (Å²) in [7, 11) is 0. The zero-order valence-electron chi connectivity index (χ0n) is 11.2. The van der Waals surface area contributed by atoms with Crippen LogP contribution in [0.4, 0.5) is 0 Å². The molecule has 1 saturated carbocycles. The van der Waals surface area contributed by atoms with E-state index in [1.165, 1.54) is 10.4 Å². The highest BCUT2D eigenvalue weighted by atomic mass is 32.1. The maximum atomic E-state index is 9.27. The van der Waals surface area contributed by atoms with Crippen LogP contribution in [0.2, 0.25) is 0 Å². The summed E-state index contributed by atoms with van der Waals surface area (Å²) >= 11 is 1.68. The number of thiazole rings is 1. The first-order valence-corrected chi connectivity index (χ1v) is 7.48. The van der Waals surface area contributed by atoms with Gasteiger partial charge in [0.2, 0.25) is 0 Å². The fourth-order valence-corrected chi connectivity index (χ4v) is 3.40. The van der Waals surface area contributed by atoms with Crippen LogP contribution in [0.3, 0.4) is 0 Å². The summed E-state index contributed by atoms with van der Waals surface area (Å²) in [6, 6.07) is 11.0. The fourth-order valence-electron chi connectivity index (χ4n) is 2.27. The molecular formula is C16H16N2S. The highest BCUT2D eigenvalue weighted by molar-refractivity contribution is 7.12. The molecule has 0 atom stereocenters. The summed E-state index contributed by atoms with van der Waals surface area (Å²) < 4.78 is 0. The van der Waals surface area contributed by atoms with Crippen molar-refractivity contribution in [2.45, 2.75) is 38.5 Å². The molecule has 0 radical (unpaired) electrons. The van der Waals surface area contributed by atoms with Gasteiger partial charge in [0.1, 0.15) is 10.4 Å². The summed E-state index contributed by atoms with van der Waals surface area (Å²) in [4.78, 5) is 5.95. The van der Waals surface area contributed by atoms with E-state index in [9.17, 15) is 5.26 Å². The number of benzene rings is 1. The Bertz CT molecular complexity index is 642. The van der Waals surface area contributed by atoms with Crippen molar-refractivity contribution in [2.75, 3.05) is 0 Å². The first-order chi connectivity index (χ1) is 9.18. The SMILES string of the molecule is CCc1ccc(-c2nc(C3(C#N)CC3)sc2C)cc1. The maximum absolute atomic E-state index is 9.27. The molecule has 1 aromatic heterocycles. The average Bonchev–Trinajstić information content (AvgIpc) is 3.16. The number of aryl methyl sites for hydroxylation is 2. The highest BCUT2D eigenvalue weighted by Crippen LogP contribution is 2.50. The Morgan fingerprint density at radius 3 is 2.53 bits per heavy atom. The lowest BCUT2D eigenvalue weighted by atomic mass is 10.1. The quantitative estimate of drug-likeness (QED) is 0.835. The molecule has 96 valence electrons. The van der Waals surface area contributed by atoms with E-state index in [-0.39, 0.29) is 5.41 Å². The Hall–Kier alpha value is -1.66. The van der Waals surface area contributed by atoms with E-state index in [4.69, 9.17) is 4.98 Å². The molecule has 1 fully saturated rings. The normalized spacial score (nSPS) is 16.1. The van der Waals surface area contributed by atoms with E-state index in [1.807, 2.05) is 0 Å². The van der Waals surface area contributed by atoms with Crippen molar-refractivity contribution in [3.63, 3.8) is 0 Å². The minimum atomic E-state index is -0.267. The van der Waals surface area contributed by atoms with Crippen LogP contribution in [0.15, 0.2) is 24.3 Å². The number of aromatic nitrogens is 1. The van der Waals surface area contributed by atoms with Crippen LogP contribution in [0, 0.1) is 18.3 Å². The molecule has 3 heteroatoms. The van der Waals surface area contributed by atoms with Gasteiger partial charge in [-0.2, -0.15) is 5.26 Å². The van der Waals surface area contributed by atoms with E-state index in [0.717, 1.165) is 35.5 Å². The van der Waals surface area contributed by atoms with Crippen molar-refractivity contribution in [2.24, 2.45) is 0 Å². The molecule has 2 aromatic rings. The molecule has 3 rings (SSSR count). The first kappa shape index (κ1) is 12.4. The third-order valence-corrected chi connectivity index (χ3v) is 4.98. The Morgan fingerprint density at radius 2 is 2.00 bits per heavy atom. The van der Waals surface area contributed by atoms with Gasteiger partial charge in [-0.1, -0.05) is 31.2 Å². The van der Waals surface area contributed by atoms with Crippen LogP contribution in [0.25, 0.3) is 11.3 Å². The van der Waals surface area contributed by atoms with Gasteiger partial charge < -0.3 is 0 Å². The fraction of sp³-hybridized carbons (Fsp3) is 0.375. The summed E-state index contributed by atoms with van der Waals surface area (Å²) in [5.74, 6) is 0. The number of hydrogen-bond acceptors (Lipinski definition) is 3. The Balaban J connectivity index is 1.99. The molecule has 0 amide bonds. The monoisotopic (exact) mass is 268 g/mol. The topological polar surface area (TPSA) is 36.7 Å². The number of rotatable bonds is 3. The van der Waals surface area contributed by atoms with Gasteiger partial charge in [0.25, 0.3) is 0 Å². The number of hydrogen-bond donors (Lipinski definition) is 0.